The molecule has 0 bridgehead atoms. The quantitative estimate of drug-likeness (QED) is 0.0323. The Balaban J connectivity index is 4.45. The minimum Gasteiger partial charge on any atom is -0.462 e. The maximum absolute atomic E-state index is 13.2. The van der Waals surface area contributed by atoms with Gasteiger partial charge in [0.15, 0.2) is 0 Å². The molecule has 0 radical (unpaired) electrons. The van der Waals surface area contributed by atoms with Gasteiger partial charge in [-0.05, 0) is 51.4 Å². The van der Waals surface area contributed by atoms with Crippen LogP contribution in [0, 0.1) is 0 Å². The molecule has 58 heavy (non-hydrogen) atoms. The predicted octanol–water partition coefficient (Wildman–Crippen LogP) is 15.3. The van der Waals surface area contributed by atoms with Crippen molar-refractivity contribution in [2.45, 2.75) is 302 Å². The molecule has 0 saturated heterocycles. The van der Waals surface area contributed by atoms with E-state index >= 15 is 0 Å². The minimum atomic E-state index is -0.784. The predicted molar refractivity (Wildman–Crippen MR) is 250 cm³/mol. The SMILES string of the molecule is CCCCC/C=C\CCCCCC(CC(=O)NC(CO)C(O)CCCCCCCCCCCCCC)OC(=O)CCCCCCCCCCCCCCCCCCC. The van der Waals surface area contributed by atoms with E-state index in [-0.39, 0.29) is 24.9 Å². The highest BCUT2D eigenvalue weighted by molar-refractivity contribution is 5.77. The Hall–Kier alpha value is -1.40. The summed E-state index contributed by atoms with van der Waals surface area (Å²) < 4.78 is 5.92. The van der Waals surface area contributed by atoms with E-state index in [2.05, 4.69) is 38.2 Å². The lowest BCUT2D eigenvalue weighted by Gasteiger charge is -2.24. The summed E-state index contributed by atoms with van der Waals surface area (Å²) in [5, 5.41) is 23.7. The van der Waals surface area contributed by atoms with E-state index in [9.17, 15) is 19.8 Å². The van der Waals surface area contributed by atoms with Gasteiger partial charge in [0, 0.05) is 6.42 Å². The molecule has 0 aliphatic carbocycles. The highest BCUT2D eigenvalue weighted by atomic mass is 16.5. The topological polar surface area (TPSA) is 95.9 Å². The number of esters is 1. The van der Waals surface area contributed by atoms with E-state index in [0.29, 0.717) is 19.3 Å². The molecule has 0 aromatic carbocycles. The molecule has 0 fully saturated rings. The number of nitrogens with one attached hydrogen (secondary N) is 1. The summed E-state index contributed by atoms with van der Waals surface area (Å²) in [6, 6.07) is -0.699. The van der Waals surface area contributed by atoms with Crippen molar-refractivity contribution in [2.75, 3.05) is 6.61 Å². The molecule has 0 spiro atoms. The van der Waals surface area contributed by atoms with Crippen LogP contribution in [-0.2, 0) is 14.3 Å². The third kappa shape index (κ3) is 41.3. The molecule has 0 saturated carbocycles. The standard InChI is InChI=1S/C52H101NO5/c1-4-7-10-13-16-19-22-24-25-26-27-28-30-33-36-39-42-45-52(57)58-48(43-40-37-34-31-21-18-15-12-9-6-3)46-51(56)53-49(47-54)50(55)44-41-38-35-32-29-23-20-17-14-11-8-5-2/h18,21,48-50,54-55H,4-17,19-20,22-47H2,1-3H3,(H,53,56)/b21-18-. The molecule has 0 aliphatic rings. The first-order valence-electron chi connectivity index (χ1n) is 25.9. The van der Waals surface area contributed by atoms with Gasteiger partial charge in [0.1, 0.15) is 6.10 Å². The van der Waals surface area contributed by atoms with Gasteiger partial charge in [-0.1, -0.05) is 232 Å². The van der Waals surface area contributed by atoms with Crippen LogP contribution in [0.25, 0.3) is 0 Å². The van der Waals surface area contributed by atoms with Crippen LogP contribution >= 0.6 is 0 Å². The molecule has 344 valence electrons. The fraction of sp³-hybridized carbons (Fsp3) is 0.923. The van der Waals surface area contributed by atoms with E-state index in [1.54, 1.807) is 0 Å². The van der Waals surface area contributed by atoms with Gasteiger partial charge in [-0.3, -0.25) is 9.59 Å². The Bertz CT molecular complexity index is 878. The highest BCUT2D eigenvalue weighted by Crippen LogP contribution is 2.18. The lowest BCUT2D eigenvalue weighted by Crippen LogP contribution is -2.46. The Morgan fingerprint density at radius 1 is 0.483 bits per heavy atom. The van der Waals surface area contributed by atoms with Crippen molar-refractivity contribution in [2.24, 2.45) is 0 Å². The number of amides is 1. The summed E-state index contributed by atoms with van der Waals surface area (Å²) in [7, 11) is 0. The van der Waals surface area contributed by atoms with E-state index < -0.39 is 18.2 Å². The molecular formula is C52H101NO5. The molecule has 3 N–H and O–H groups in total. The summed E-state index contributed by atoms with van der Waals surface area (Å²) in [4.78, 5) is 26.1. The molecular weight excluding hydrogens is 719 g/mol. The van der Waals surface area contributed by atoms with Crippen molar-refractivity contribution < 1.29 is 24.5 Å². The van der Waals surface area contributed by atoms with Crippen molar-refractivity contribution in [3.05, 3.63) is 12.2 Å². The van der Waals surface area contributed by atoms with Gasteiger partial charge in [0.25, 0.3) is 0 Å². The first-order chi connectivity index (χ1) is 28.5. The summed E-state index contributed by atoms with van der Waals surface area (Å²) in [6.07, 6.45) is 51.3. The number of allylic oxidation sites excluding steroid dienone is 2. The lowest BCUT2D eigenvalue weighted by molar-refractivity contribution is -0.151. The van der Waals surface area contributed by atoms with Crippen LogP contribution in [0.2, 0.25) is 0 Å². The largest absolute Gasteiger partial charge is 0.462 e. The Morgan fingerprint density at radius 3 is 1.26 bits per heavy atom. The number of ether oxygens (including phenoxy) is 1. The van der Waals surface area contributed by atoms with Crippen molar-refractivity contribution in [3.8, 4) is 0 Å². The average molecular weight is 820 g/mol. The van der Waals surface area contributed by atoms with Gasteiger partial charge in [-0.15, -0.1) is 0 Å². The monoisotopic (exact) mass is 820 g/mol. The smallest absolute Gasteiger partial charge is 0.306 e. The summed E-state index contributed by atoms with van der Waals surface area (Å²) >= 11 is 0. The third-order valence-electron chi connectivity index (χ3n) is 12.1. The van der Waals surface area contributed by atoms with Gasteiger partial charge in [0.05, 0.1) is 25.2 Å². The number of rotatable bonds is 47. The summed E-state index contributed by atoms with van der Waals surface area (Å²) in [5.41, 5.74) is 0. The highest BCUT2D eigenvalue weighted by Gasteiger charge is 2.24. The van der Waals surface area contributed by atoms with E-state index in [0.717, 1.165) is 64.2 Å². The fourth-order valence-corrected chi connectivity index (χ4v) is 8.13. The van der Waals surface area contributed by atoms with Crippen molar-refractivity contribution in [1.29, 1.82) is 0 Å². The number of hydrogen-bond acceptors (Lipinski definition) is 5. The van der Waals surface area contributed by atoms with Crippen LogP contribution in [0.3, 0.4) is 0 Å². The first kappa shape index (κ1) is 56.6. The third-order valence-corrected chi connectivity index (χ3v) is 12.1. The number of hydrogen-bond donors (Lipinski definition) is 3. The van der Waals surface area contributed by atoms with Crippen LogP contribution in [0.4, 0.5) is 0 Å². The van der Waals surface area contributed by atoms with Gasteiger partial charge >= 0.3 is 5.97 Å². The number of aliphatic hydroxyl groups excluding tert-OH is 2. The van der Waals surface area contributed by atoms with Crippen LogP contribution in [0.5, 0.6) is 0 Å². The molecule has 0 aromatic rings. The number of aliphatic hydroxyl groups is 2. The fourth-order valence-electron chi connectivity index (χ4n) is 8.13. The number of carbonyl (C=O) groups excluding carboxylic acids is 2. The minimum absolute atomic E-state index is 0.0734. The van der Waals surface area contributed by atoms with E-state index in [1.165, 1.54) is 173 Å². The van der Waals surface area contributed by atoms with Gasteiger partial charge in [0.2, 0.25) is 5.91 Å². The van der Waals surface area contributed by atoms with E-state index in [4.69, 9.17) is 4.74 Å². The van der Waals surface area contributed by atoms with Crippen molar-refractivity contribution in [1.82, 2.24) is 5.32 Å². The second-order valence-electron chi connectivity index (χ2n) is 17.9. The van der Waals surface area contributed by atoms with Crippen molar-refractivity contribution >= 4 is 11.9 Å². The first-order valence-corrected chi connectivity index (χ1v) is 25.9. The zero-order chi connectivity index (χ0) is 42.4. The number of carbonyl (C=O) groups is 2. The molecule has 0 rings (SSSR count). The average Bonchev–Trinajstić information content (AvgIpc) is 3.22. The van der Waals surface area contributed by atoms with Gasteiger partial charge in [-0.2, -0.15) is 0 Å². The van der Waals surface area contributed by atoms with E-state index in [1.807, 2.05) is 0 Å². The maximum atomic E-state index is 13.2. The normalized spacial score (nSPS) is 13.3. The Labute approximate surface area is 361 Å². The summed E-state index contributed by atoms with van der Waals surface area (Å²) in [5.74, 6) is -0.474. The molecule has 6 heteroatoms. The molecule has 3 unspecified atom stereocenters. The van der Waals surface area contributed by atoms with Crippen LogP contribution < -0.4 is 5.32 Å². The second kappa shape index (κ2) is 46.7. The molecule has 3 atom stereocenters. The molecule has 0 heterocycles. The van der Waals surface area contributed by atoms with Gasteiger partial charge in [-0.25, -0.2) is 0 Å². The summed E-state index contributed by atoms with van der Waals surface area (Å²) in [6.45, 7) is 6.47. The zero-order valence-corrected chi connectivity index (χ0v) is 39.2. The van der Waals surface area contributed by atoms with Crippen LogP contribution in [-0.4, -0.2) is 46.9 Å². The van der Waals surface area contributed by atoms with Crippen LogP contribution in [0.15, 0.2) is 12.2 Å². The Morgan fingerprint density at radius 2 is 0.828 bits per heavy atom. The zero-order valence-electron chi connectivity index (χ0n) is 39.2. The van der Waals surface area contributed by atoms with Crippen LogP contribution in [0.1, 0.15) is 284 Å². The molecule has 0 aromatic heterocycles. The molecule has 1 amide bonds. The maximum Gasteiger partial charge on any atom is 0.306 e. The molecule has 6 nitrogen and oxygen atoms in total. The Kier molecular flexibility index (Phi) is 45.5. The second-order valence-corrected chi connectivity index (χ2v) is 17.9. The van der Waals surface area contributed by atoms with Gasteiger partial charge < -0.3 is 20.3 Å². The van der Waals surface area contributed by atoms with Crippen molar-refractivity contribution in [3.63, 3.8) is 0 Å². The number of unbranched alkanes of at least 4 members (excludes halogenated alkanes) is 33. The molecule has 0 aliphatic heterocycles. The lowest BCUT2D eigenvalue weighted by atomic mass is 10.0.